The summed E-state index contributed by atoms with van der Waals surface area (Å²) < 4.78 is 31.6. The molecule has 0 radical (unpaired) electrons. The summed E-state index contributed by atoms with van der Waals surface area (Å²) in [5.74, 6) is 0. The Hall–Kier alpha value is -1.51. The molecule has 0 saturated carbocycles. The normalized spacial score (nSPS) is 9.86. The molecule has 0 amide bonds. The highest BCUT2D eigenvalue weighted by molar-refractivity contribution is 7.79. The molecule has 0 saturated heterocycles. The molecule has 0 spiro atoms. The first-order chi connectivity index (χ1) is 6.30. The van der Waals surface area contributed by atoms with Crippen molar-refractivity contribution in [1.82, 2.24) is 0 Å². The maximum absolute atomic E-state index is 10.0. The van der Waals surface area contributed by atoms with Crippen LogP contribution in [0.25, 0.3) is 0 Å². The maximum Gasteiger partial charge on any atom is 0.394 e. The molecule has 0 atom stereocenters. The molecule has 0 fully saturated rings. The second-order valence-corrected chi connectivity index (χ2v) is 2.94. The Labute approximate surface area is 79.7 Å². The average molecular weight is 221 g/mol. The zero-order valence-corrected chi connectivity index (χ0v) is 7.59. The number of nitrogens with zero attached hydrogens (tertiary/aromatic N) is 1. The van der Waals surface area contributed by atoms with Crippen molar-refractivity contribution in [3.05, 3.63) is 40.4 Å². The number of non-ortho nitro benzene ring substituents is 1. The van der Waals surface area contributed by atoms with Gasteiger partial charge in [0, 0.05) is 12.1 Å². The summed E-state index contributed by atoms with van der Waals surface area (Å²) in [5.41, 5.74) is 0.137. The molecule has 78 valence electrons. The third kappa shape index (κ3) is 8.59. The first-order valence-electron chi connectivity index (χ1n) is 3.20. The second-order valence-electron chi connectivity index (χ2n) is 2.04. The van der Waals surface area contributed by atoms with Crippen LogP contribution in [0.1, 0.15) is 0 Å². The Morgan fingerprint density at radius 3 is 1.71 bits per heavy atom. The van der Waals surface area contributed by atoms with Gasteiger partial charge in [-0.1, -0.05) is 18.2 Å². The van der Waals surface area contributed by atoms with Gasteiger partial charge in [0.1, 0.15) is 0 Å². The predicted octanol–water partition coefficient (Wildman–Crippen LogP) is 0.942. The SMILES string of the molecule is O=S(=O)(O)O.O=[N+]([O-])c1ccccc1. The number of nitro groups is 1. The van der Waals surface area contributed by atoms with Crippen LogP contribution in [0.3, 0.4) is 0 Å². The molecule has 7 nitrogen and oxygen atoms in total. The second kappa shape index (κ2) is 5.27. The lowest BCUT2D eigenvalue weighted by Crippen LogP contribution is -1.89. The first kappa shape index (κ1) is 12.5. The molecular formula is C6H7NO6S. The third-order valence-electron chi connectivity index (χ3n) is 0.967. The van der Waals surface area contributed by atoms with E-state index in [2.05, 4.69) is 0 Å². The Bertz CT molecular complexity index is 378. The Balaban J connectivity index is 0.000000292. The summed E-state index contributed by atoms with van der Waals surface area (Å²) in [6.07, 6.45) is 0. The molecule has 14 heavy (non-hydrogen) atoms. The van der Waals surface area contributed by atoms with Gasteiger partial charge < -0.3 is 0 Å². The number of hydrogen-bond donors (Lipinski definition) is 2. The van der Waals surface area contributed by atoms with Crippen molar-refractivity contribution >= 4 is 16.1 Å². The van der Waals surface area contributed by atoms with Gasteiger partial charge in [-0.15, -0.1) is 0 Å². The summed E-state index contributed by atoms with van der Waals surface area (Å²) >= 11 is 0. The molecule has 0 heterocycles. The fourth-order valence-electron chi connectivity index (χ4n) is 0.550. The molecule has 1 aromatic rings. The van der Waals surface area contributed by atoms with E-state index in [1.807, 2.05) is 0 Å². The van der Waals surface area contributed by atoms with Gasteiger partial charge >= 0.3 is 10.4 Å². The smallest absolute Gasteiger partial charge is 0.264 e. The van der Waals surface area contributed by atoms with Gasteiger partial charge in [0.25, 0.3) is 5.69 Å². The van der Waals surface area contributed by atoms with Crippen LogP contribution in [0.5, 0.6) is 0 Å². The summed E-state index contributed by atoms with van der Waals surface area (Å²) in [6.45, 7) is 0. The van der Waals surface area contributed by atoms with Crippen molar-refractivity contribution in [1.29, 1.82) is 0 Å². The van der Waals surface area contributed by atoms with Crippen LogP contribution < -0.4 is 0 Å². The van der Waals surface area contributed by atoms with Crippen LogP contribution in [0.2, 0.25) is 0 Å². The number of hydrogen-bond acceptors (Lipinski definition) is 4. The third-order valence-corrected chi connectivity index (χ3v) is 0.967. The monoisotopic (exact) mass is 221 g/mol. The zero-order valence-electron chi connectivity index (χ0n) is 6.77. The van der Waals surface area contributed by atoms with E-state index in [0.717, 1.165) is 0 Å². The van der Waals surface area contributed by atoms with Crippen LogP contribution in [-0.2, 0) is 10.4 Å². The van der Waals surface area contributed by atoms with Gasteiger partial charge in [0.05, 0.1) is 4.92 Å². The van der Waals surface area contributed by atoms with Crippen molar-refractivity contribution in [2.75, 3.05) is 0 Å². The summed E-state index contributed by atoms with van der Waals surface area (Å²) in [6, 6.07) is 7.93. The quantitative estimate of drug-likeness (QED) is 0.414. The topological polar surface area (TPSA) is 118 Å². The molecule has 8 heteroatoms. The standard InChI is InChI=1S/C6H5NO2.H2O4S/c8-7(9)6-4-2-1-3-5-6;1-5(2,3)4/h1-5H;(H2,1,2,3,4). The van der Waals surface area contributed by atoms with Crippen molar-refractivity contribution in [2.24, 2.45) is 0 Å². The highest BCUT2D eigenvalue weighted by atomic mass is 32.3. The van der Waals surface area contributed by atoms with E-state index in [1.165, 1.54) is 12.1 Å². The van der Waals surface area contributed by atoms with Crippen molar-refractivity contribution in [3.8, 4) is 0 Å². The summed E-state index contributed by atoms with van der Waals surface area (Å²) in [4.78, 5) is 9.59. The van der Waals surface area contributed by atoms with Crippen molar-refractivity contribution < 1.29 is 22.4 Å². The van der Waals surface area contributed by atoms with E-state index in [1.54, 1.807) is 18.2 Å². The highest BCUT2D eigenvalue weighted by Crippen LogP contribution is 2.06. The van der Waals surface area contributed by atoms with Crippen LogP contribution in [-0.4, -0.2) is 22.4 Å². The molecule has 0 aliphatic heterocycles. The fourth-order valence-corrected chi connectivity index (χ4v) is 0.550. The minimum absolute atomic E-state index is 0.137. The number of nitro benzene ring substituents is 1. The van der Waals surface area contributed by atoms with Gasteiger partial charge in [0.2, 0.25) is 0 Å². The minimum atomic E-state index is -4.67. The first-order valence-corrected chi connectivity index (χ1v) is 4.59. The summed E-state index contributed by atoms with van der Waals surface area (Å²) in [5, 5.41) is 10.0. The van der Waals surface area contributed by atoms with E-state index >= 15 is 0 Å². The minimum Gasteiger partial charge on any atom is -0.264 e. The van der Waals surface area contributed by atoms with E-state index in [-0.39, 0.29) is 5.69 Å². The van der Waals surface area contributed by atoms with E-state index in [9.17, 15) is 10.1 Å². The molecular weight excluding hydrogens is 214 g/mol. The van der Waals surface area contributed by atoms with Gasteiger partial charge in [-0.05, 0) is 0 Å². The number of benzene rings is 1. The average Bonchev–Trinajstić information content (AvgIpc) is 2.03. The summed E-state index contributed by atoms with van der Waals surface area (Å²) in [7, 11) is -4.67. The van der Waals surface area contributed by atoms with Gasteiger partial charge in [0.15, 0.2) is 0 Å². The van der Waals surface area contributed by atoms with Crippen LogP contribution >= 0.6 is 0 Å². The fraction of sp³-hybridized carbons (Fsp3) is 0. The van der Waals surface area contributed by atoms with Crippen LogP contribution in [0.4, 0.5) is 5.69 Å². The van der Waals surface area contributed by atoms with Gasteiger partial charge in [-0.25, -0.2) is 0 Å². The molecule has 0 aliphatic rings. The van der Waals surface area contributed by atoms with E-state index in [0.29, 0.717) is 0 Å². The molecule has 0 aliphatic carbocycles. The van der Waals surface area contributed by atoms with Crippen LogP contribution in [0, 0.1) is 10.1 Å². The lowest BCUT2D eigenvalue weighted by Gasteiger charge is -1.85. The maximum atomic E-state index is 10.0. The van der Waals surface area contributed by atoms with Gasteiger partial charge in [-0.3, -0.25) is 19.2 Å². The van der Waals surface area contributed by atoms with Crippen molar-refractivity contribution in [3.63, 3.8) is 0 Å². The molecule has 2 N–H and O–H groups in total. The predicted molar refractivity (Wildman–Crippen MR) is 47.3 cm³/mol. The Kier molecular flexibility index (Phi) is 4.70. The number of rotatable bonds is 1. The molecule has 1 aromatic carbocycles. The molecule has 0 unspecified atom stereocenters. The Morgan fingerprint density at radius 2 is 1.50 bits per heavy atom. The van der Waals surface area contributed by atoms with E-state index in [4.69, 9.17) is 17.5 Å². The number of para-hydroxylation sites is 1. The van der Waals surface area contributed by atoms with Gasteiger partial charge in [-0.2, -0.15) is 8.42 Å². The Morgan fingerprint density at radius 1 is 1.14 bits per heavy atom. The largest absolute Gasteiger partial charge is 0.394 e. The lowest BCUT2D eigenvalue weighted by molar-refractivity contribution is -0.384. The highest BCUT2D eigenvalue weighted by Gasteiger charge is 1.98. The molecule has 0 bridgehead atoms. The lowest BCUT2D eigenvalue weighted by atomic mass is 10.3. The molecule has 1 rings (SSSR count). The van der Waals surface area contributed by atoms with E-state index < -0.39 is 15.3 Å². The van der Waals surface area contributed by atoms with Crippen molar-refractivity contribution in [2.45, 2.75) is 0 Å². The molecule has 0 aromatic heterocycles. The van der Waals surface area contributed by atoms with Crippen LogP contribution in [0.15, 0.2) is 30.3 Å². The zero-order chi connectivity index (χ0) is 11.2.